The highest BCUT2D eigenvalue weighted by Gasteiger charge is 2.47. The number of rotatable bonds is 19. The van der Waals surface area contributed by atoms with Crippen LogP contribution in [0.25, 0.3) is 0 Å². The molecule has 1 aliphatic heterocycles. The molecule has 1 aliphatic rings. The van der Waals surface area contributed by atoms with Crippen molar-refractivity contribution in [1.29, 1.82) is 0 Å². The quantitative estimate of drug-likeness (QED) is 0.0804. The molecule has 0 bridgehead atoms. The van der Waals surface area contributed by atoms with E-state index in [0.29, 0.717) is 62.7 Å². The topological polar surface area (TPSA) is 116 Å². The number of likely N-dealkylation sites (tertiary alicyclic amines) is 1. The normalized spacial score (nSPS) is 15.4. The zero-order chi connectivity index (χ0) is 36.6. The lowest BCUT2D eigenvalue weighted by Crippen LogP contribution is -2.59. The molecule has 0 saturated carbocycles. The van der Waals surface area contributed by atoms with Crippen LogP contribution in [0.15, 0.2) is 91.0 Å². The van der Waals surface area contributed by atoms with E-state index in [1.165, 1.54) is 12.2 Å². The van der Waals surface area contributed by atoms with Gasteiger partial charge in [-0.15, -0.1) is 0 Å². The van der Waals surface area contributed by atoms with Crippen molar-refractivity contribution in [3.8, 4) is 0 Å². The molecule has 0 radical (unpaired) electrons. The largest absolute Gasteiger partial charge is 0.346 e. The number of nitrogens with zero attached hydrogens (tertiary/aromatic N) is 3. The Morgan fingerprint density at radius 3 is 2.20 bits per heavy atom. The number of amides is 4. The average molecular weight is 716 g/mol. The van der Waals surface area contributed by atoms with Crippen LogP contribution >= 0.6 is 8.46 Å². The summed E-state index contributed by atoms with van der Waals surface area (Å²) in [5.41, 5.74) is 0.992. The van der Waals surface area contributed by atoms with Gasteiger partial charge in [-0.25, -0.2) is 5.06 Å². The van der Waals surface area contributed by atoms with E-state index in [9.17, 15) is 23.7 Å². The molecular weight excluding hydrogens is 663 g/mol. The van der Waals surface area contributed by atoms with Gasteiger partial charge in [0.15, 0.2) is 0 Å². The van der Waals surface area contributed by atoms with Crippen LogP contribution in [-0.2, 0) is 30.2 Å². The molecule has 1 unspecified atom stereocenters. The number of anilines is 1. The third-order valence-corrected chi connectivity index (χ3v) is 9.87. The third-order valence-electron chi connectivity index (χ3n) is 9.43. The second-order valence-corrected chi connectivity index (χ2v) is 14.1. The number of hydrogen-bond acceptors (Lipinski definition) is 6. The minimum absolute atomic E-state index is 0.0358. The highest BCUT2D eigenvalue weighted by molar-refractivity contribution is 7.23. The lowest BCUT2D eigenvalue weighted by atomic mass is 9.81. The van der Waals surface area contributed by atoms with Crippen LogP contribution in [0, 0.1) is 5.92 Å². The van der Waals surface area contributed by atoms with Gasteiger partial charge in [-0.05, 0) is 87.1 Å². The van der Waals surface area contributed by atoms with Gasteiger partial charge in [0, 0.05) is 30.8 Å². The van der Waals surface area contributed by atoms with Crippen molar-refractivity contribution in [3.05, 3.63) is 102 Å². The Bertz CT molecular complexity index is 1580. The van der Waals surface area contributed by atoms with E-state index in [0.717, 1.165) is 12.0 Å². The Morgan fingerprint density at radius 1 is 0.922 bits per heavy atom. The summed E-state index contributed by atoms with van der Waals surface area (Å²) in [6.07, 6.45) is 4.35. The summed E-state index contributed by atoms with van der Waals surface area (Å²) in [5, 5.41) is 4.36. The van der Waals surface area contributed by atoms with Gasteiger partial charge in [0.25, 0.3) is 17.7 Å². The van der Waals surface area contributed by atoms with Crippen molar-refractivity contribution in [1.82, 2.24) is 14.9 Å². The van der Waals surface area contributed by atoms with Crippen molar-refractivity contribution >= 4 is 37.8 Å². The zero-order valence-electron chi connectivity index (χ0n) is 30.1. The molecule has 1 saturated heterocycles. The monoisotopic (exact) mass is 715 g/mol. The molecule has 51 heavy (non-hydrogen) atoms. The first kappa shape index (κ1) is 39.4. The van der Waals surface area contributed by atoms with E-state index >= 15 is 0 Å². The molecule has 10 nitrogen and oxygen atoms in total. The fraction of sp³-hybridized carbons (Fsp3) is 0.450. The first-order valence-corrected chi connectivity index (χ1v) is 19.1. The van der Waals surface area contributed by atoms with E-state index in [1.54, 1.807) is 46.2 Å². The van der Waals surface area contributed by atoms with E-state index in [-0.39, 0.29) is 48.8 Å². The van der Waals surface area contributed by atoms with Crippen molar-refractivity contribution in [2.75, 3.05) is 31.8 Å². The molecule has 1 fully saturated rings. The van der Waals surface area contributed by atoms with Crippen molar-refractivity contribution in [3.63, 3.8) is 0 Å². The van der Waals surface area contributed by atoms with Crippen LogP contribution in [-0.4, -0.2) is 76.6 Å². The number of carbonyl (C=O) groups is 4. The van der Waals surface area contributed by atoms with E-state index in [4.69, 9.17) is 4.84 Å². The van der Waals surface area contributed by atoms with Crippen LogP contribution in [0.2, 0.25) is 0 Å². The van der Waals surface area contributed by atoms with Crippen molar-refractivity contribution in [2.24, 2.45) is 5.92 Å². The summed E-state index contributed by atoms with van der Waals surface area (Å²) in [6, 6.07) is 27.4. The Hall–Kier alpha value is -4.40. The third kappa shape index (κ3) is 10.8. The first-order chi connectivity index (χ1) is 24.7. The van der Waals surface area contributed by atoms with Gasteiger partial charge >= 0.3 is 8.46 Å². The average Bonchev–Trinajstić information content (AvgIpc) is 3.64. The number of unbranched alkanes of at least 4 members (excludes halogenated alkanes) is 1. The molecule has 4 amide bonds. The summed E-state index contributed by atoms with van der Waals surface area (Å²) < 4.78 is 12.3. The summed E-state index contributed by atoms with van der Waals surface area (Å²) in [6.45, 7) is 4.76. The number of aryl methyl sites for hydroxylation is 1. The smallest absolute Gasteiger partial charge is 0.327 e. The predicted molar refractivity (Wildman–Crippen MR) is 200 cm³/mol. The number of carbonyl (C=O) groups excluding carboxylic acids is 4. The molecule has 1 heterocycles. The van der Waals surface area contributed by atoms with Crippen LogP contribution in [0.4, 0.5) is 5.69 Å². The summed E-state index contributed by atoms with van der Waals surface area (Å²) in [7, 11) is 0.637. The Labute approximate surface area is 303 Å². The Morgan fingerprint density at radius 2 is 1.57 bits per heavy atom. The lowest BCUT2D eigenvalue weighted by molar-refractivity contribution is -0.180. The fourth-order valence-corrected chi connectivity index (χ4v) is 7.64. The molecule has 1 N–H and O–H groups in total. The first-order valence-electron chi connectivity index (χ1n) is 18.0. The minimum atomic E-state index is -1.28. The summed E-state index contributed by atoms with van der Waals surface area (Å²) in [4.78, 5) is 64.2. The van der Waals surface area contributed by atoms with Crippen LogP contribution < -0.4 is 5.32 Å². The zero-order valence-corrected chi connectivity index (χ0v) is 31.1. The summed E-state index contributed by atoms with van der Waals surface area (Å²) >= 11 is 0. The van der Waals surface area contributed by atoms with Gasteiger partial charge in [0.1, 0.15) is 11.6 Å². The lowest BCUT2D eigenvalue weighted by Gasteiger charge is -2.42. The second-order valence-electron chi connectivity index (χ2n) is 13.5. The number of benzene rings is 3. The molecule has 0 spiro atoms. The number of nitrogens with one attached hydrogen (secondary N) is 1. The molecule has 3 aromatic carbocycles. The molecule has 272 valence electrons. The Balaban J connectivity index is 1.51. The molecule has 4 rings (SSSR count). The summed E-state index contributed by atoms with van der Waals surface area (Å²) in [5.74, 6) is -0.960. The number of hydroxylamine groups is 2. The molecular formula is C40H52N4O6P+. The fourth-order valence-electron chi connectivity index (χ4n) is 7.03. The maximum atomic E-state index is 14.4. The van der Waals surface area contributed by atoms with Crippen LogP contribution in [0.3, 0.4) is 0 Å². The van der Waals surface area contributed by atoms with E-state index in [2.05, 4.69) is 5.32 Å². The van der Waals surface area contributed by atoms with E-state index < -0.39 is 20.0 Å². The van der Waals surface area contributed by atoms with Gasteiger partial charge < -0.3 is 10.2 Å². The second kappa shape index (κ2) is 19.8. The number of para-hydroxylation sites is 1. The predicted octanol–water partition coefficient (Wildman–Crippen LogP) is 7.11. The van der Waals surface area contributed by atoms with Crippen molar-refractivity contribution < 1.29 is 28.6 Å². The van der Waals surface area contributed by atoms with Gasteiger partial charge in [-0.1, -0.05) is 85.1 Å². The maximum Gasteiger partial charge on any atom is 0.346 e. The van der Waals surface area contributed by atoms with Gasteiger partial charge in [0.2, 0.25) is 12.2 Å². The molecule has 11 heteroatoms. The van der Waals surface area contributed by atoms with Crippen molar-refractivity contribution in [2.45, 2.75) is 83.2 Å². The Kier molecular flexibility index (Phi) is 15.3. The minimum Gasteiger partial charge on any atom is -0.327 e. The van der Waals surface area contributed by atoms with Gasteiger partial charge in [-0.3, -0.25) is 28.9 Å². The van der Waals surface area contributed by atoms with Crippen LogP contribution in [0.1, 0.15) is 81.1 Å². The molecule has 0 aromatic heterocycles. The SMILES string of the molecule is CON(CCCC[C@](CC(C)C)(C(=O)Nc1ccccc1)N(C[PH+]=O)C(=O)CCCc1ccccc1)C(=O)[C@@H]1CCCN1C(=O)c1ccccc1. The van der Waals surface area contributed by atoms with E-state index in [1.807, 2.05) is 68.4 Å². The molecule has 3 atom stereocenters. The van der Waals surface area contributed by atoms with Gasteiger partial charge in [-0.2, -0.15) is 0 Å². The maximum absolute atomic E-state index is 14.4. The highest BCUT2D eigenvalue weighted by atomic mass is 31.1. The van der Waals surface area contributed by atoms with Gasteiger partial charge in [0.05, 0.1) is 7.11 Å². The van der Waals surface area contributed by atoms with Crippen LogP contribution in [0.5, 0.6) is 0 Å². The molecule has 3 aromatic rings. The molecule has 0 aliphatic carbocycles. The standard InChI is InChI=1S/C40H51N4O6P/c1-31(2)29-40(39(48)41-34-22-11-6-12-23-34,43(30-51-49)36(45)25-15-19-32-17-7-4-8-18-32)26-13-14-28-44(50-3)38(47)35-24-16-27-42(35)37(46)33-20-9-5-10-21-33/h4-12,17-18,20-23,31,35H,13-16,19,24-30H2,1-3H3,(H,41,48)/p+1/t35-,40-/m0/s1. The highest BCUT2D eigenvalue weighted by Crippen LogP contribution is 2.34. The number of hydrogen-bond donors (Lipinski definition) is 1.